The van der Waals surface area contributed by atoms with Crippen molar-refractivity contribution in [2.45, 2.75) is 24.9 Å². The van der Waals surface area contributed by atoms with Gasteiger partial charge in [0.1, 0.15) is 0 Å². The van der Waals surface area contributed by atoms with Crippen molar-refractivity contribution in [1.29, 1.82) is 0 Å². The van der Waals surface area contributed by atoms with Crippen molar-refractivity contribution < 1.29 is 32.2 Å². The van der Waals surface area contributed by atoms with E-state index >= 15 is 0 Å². The molecule has 0 atom stereocenters. The fourth-order valence-electron chi connectivity index (χ4n) is 4.07. The summed E-state index contributed by atoms with van der Waals surface area (Å²) in [5.41, 5.74) is -1.26. The molecule has 36 heavy (non-hydrogen) atoms. The Kier molecular flexibility index (Phi) is 11.2. The quantitative estimate of drug-likeness (QED) is 0.328. The van der Waals surface area contributed by atoms with Crippen LogP contribution >= 0.6 is 11.6 Å². The van der Waals surface area contributed by atoms with Gasteiger partial charge in [0.2, 0.25) is 11.8 Å². The van der Waals surface area contributed by atoms with Crippen LogP contribution in [0.15, 0.2) is 12.3 Å². The highest BCUT2D eigenvalue weighted by Crippen LogP contribution is 2.33. The minimum absolute atomic E-state index is 0.207. The van der Waals surface area contributed by atoms with Gasteiger partial charge in [-0.15, -0.1) is 0 Å². The van der Waals surface area contributed by atoms with Gasteiger partial charge in [0.15, 0.2) is 5.92 Å². The molecule has 202 valence electrons. The Hall–Kier alpha value is -1.99. The van der Waals surface area contributed by atoms with Crippen molar-refractivity contribution in [3.63, 3.8) is 0 Å². The number of carbonyl (C=O) groups excluding carboxylic acids is 2. The van der Waals surface area contributed by atoms with Gasteiger partial charge in [0.25, 0.3) is 0 Å². The van der Waals surface area contributed by atoms with Crippen molar-refractivity contribution in [2.75, 3.05) is 78.8 Å². The molecule has 9 nitrogen and oxygen atoms in total. The monoisotopic (exact) mass is 535 g/mol. The first-order valence-corrected chi connectivity index (χ1v) is 12.5. The SMILES string of the molecule is O=C(NCCCN1CCOCC1)C(C(=O)NCCCN1CCOCC1)c1ncc(C(F)(F)F)cc1Cl. The minimum atomic E-state index is -4.64. The van der Waals surface area contributed by atoms with Gasteiger partial charge in [-0.1, -0.05) is 11.6 Å². The molecule has 1 aromatic heterocycles. The van der Waals surface area contributed by atoms with Crippen LogP contribution in [0.5, 0.6) is 0 Å². The van der Waals surface area contributed by atoms with Crippen LogP contribution in [0.25, 0.3) is 0 Å². The van der Waals surface area contributed by atoms with Crippen LogP contribution < -0.4 is 10.6 Å². The molecule has 2 fully saturated rings. The fourth-order valence-corrected chi connectivity index (χ4v) is 4.34. The number of alkyl halides is 3. The normalized spacial score (nSPS) is 17.8. The molecule has 13 heteroatoms. The van der Waals surface area contributed by atoms with Gasteiger partial charge in [-0.2, -0.15) is 13.2 Å². The third-order valence-electron chi connectivity index (χ3n) is 6.10. The molecule has 0 aliphatic carbocycles. The zero-order valence-electron chi connectivity index (χ0n) is 20.1. The molecule has 1 aromatic rings. The van der Waals surface area contributed by atoms with E-state index in [9.17, 15) is 22.8 Å². The number of ether oxygens (including phenoxy) is 2. The largest absolute Gasteiger partial charge is 0.417 e. The number of halogens is 4. The molecule has 2 saturated heterocycles. The summed E-state index contributed by atoms with van der Waals surface area (Å²) in [6, 6.07) is 0.689. The summed E-state index contributed by atoms with van der Waals surface area (Å²) in [6.45, 7) is 8.02. The summed E-state index contributed by atoms with van der Waals surface area (Å²) < 4.78 is 49.8. The average Bonchev–Trinajstić information content (AvgIpc) is 2.86. The van der Waals surface area contributed by atoms with E-state index in [0.29, 0.717) is 64.6 Å². The smallest absolute Gasteiger partial charge is 0.379 e. The zero-order valence-corrected chi connectivity index (χ0v) is 20.9. The van der Waals surface area contributed by atoms with E-state index in [1.807, 2.05) is 0 Å². The second kappa shape index (κ2) is 14.1. The summed E-state index contributed by atoms with van der Waals surface area (Å²) in [4.78, 5) is 34.2. The lowest BCUT2D eigenvalue weighted by molar-refractivity contribution is -0.137. The molecule has 0 aromatic carbocycles. The summed E-state index contributed by atoms with van der Waals surface area (Å²) in [5.74, 6) is -2.78. The number of carbonyl (C=O) groups is 2. The molecule has 3 heterocycles. The van der Waals surface area contributed by atoms with Crippen LogP contribution in [0.3, 0.4) is 0 Å². The number of pyridine rings is 1. The molecule has 3 rings (SSSR count). The van der Waals surface area contributed by atoms with Gasteiger partial charge in [-0.25, -0.2) is 0 Å². The molecule has 0 spiro atoms. The zero-order chi connectivity index (χ0) is 26.0. The lowest BCUT2D eigenvalue weighted by Gasteiger charge is -2.26. The number of amides is 2. The maximum atomic E-state index is 13.1. The number of aromatic nitrogens is 1. The lowest BCUT2D eigenvalue weighted by Crippen LogP contribution is -2.43. The first-order valence-electron chi connectivity index (χ1n) is 12.1. The summed E-state index contributed by atoms with van der Waals surface area (Å²) in [5, 5.41) is 5.04. The Morgan fingerprint density at radius 2 is 1.42 bits per heavy atom. The second-order valence-electron chi connectivity index (χ2n) is 8.72. The molecule has 0 unspecified atom stereocenters. The topological polar surface area (TPSA) is 96.0 Å². The van der Waals surface area contributed by atoms with Gasteiger partial charge >= 0.3 is 6.18 Å². The van der Waals surface area contributed by atoms with E-state index in [-0.39, 0.29) is 10.7 Å². The van der Waals surface area contributed by atoms with Gasteiger partial charge < -0.3 is 20.1 Å². The van der Waals surface area contributed by atoms with E-state index in [1.165, 1.54) is 0 Å². The molecule has 2 N–H and O–H groups in total. The highest BCUT2D eigenvalue weighted by atomic mass is 35.5. The van der Waals surface area contributed by atoms with E-state index in [0.717, 1.165) is 39.3 Å². The van der Waals surface area contributed by atoms with Gasteiger partial charge in [-0.05, 0) is 32.0 Å². The van der Waals surface area contributed by atoms with Gasteiger partial charge in [0, 0.05) is 45.5 Å². The van der Waals surface area contributed by atoms with E-state index < -0.39 is 29.5 Å². The summed E-state index contributed by atoms with van der Waals surface area (Å²) >= 11 is 6.08. The molecule has 0 bridgehead atoms. The highest BCUT2D eigenvalue weighted by molar-refractivity contribution is 6.32. The van der Waals surface area contributed by atoms with Crippen molar-refractivity contribution in [1.82, 2.24) is 25.4 Å². The Bertz CT molecular complexity index is 827. The number of hydrogen-bond acceptors (Lipinski definition) is 7. The molecule has 2 aliphatic rings. The standard InChI is InChI=1S/C23H33ClF3N5O4/c24-18-15-17(23(25,26)27)16-30-20(18)19(21(33)28-3-1-5-31-7-11-35-12-8-31)22(34)29-4-2-6-32-9-13-36-14-10-32/h15-16,19H,1-14H2,(H,28,33)(H,29,34). The van der Waals surface area contributed by atoms with Crippen molar-refractivity contribution in [2.24, 2.45) is 0 Å². The fraction of sp³-hybridized carbons (Fsp3) is 0.696. The second-order valence-corrected chi connectivity index (χ2v) is 9.13. The Labute approximate surface area is 213 Å². The predicted molar refractivity (Wildman–Crippen MR) is 127 cm³/mol. The maximum Gasteiger partial charge on any atom is 0.417 e. The first kappa shape index (κ1) is 28.6. The Morgan fingerprint density at radius 3 is 1.83 bits per heavy atom. The number of nitrogens with one attached hydrogen (secondary N) is 2. The first-order chi connectivity index (χ1) is 17.3. The van der Waals surface area contributed by atoms with E-state index in [2.05, 4.69) is 25.4 Å². The Balaban J connectivity index is 1.60. The van der Waals surface area contributed by atoms with Crippen LogP contribution in [0.4, 0.5) is 13.2 Å². The van der Waals surface area contributed by atoms with Crippen molar-refractivity contribution in [3.05, 3.63) is 28.5 Å². The van der Waals surface area contributed by atoms with Crippen molar-refractivity contribution >= 4 is 23.4 Å². The van der Waals surface area contributed by atoms with Gasteiger partial charge in [-0.3, -0.25) is 24.4 Å². The van der Waals surface area contributed by atoms with Crippen LogP contribution in [-0.2, 0) is 25.2 Å². The summed E-state index contributed by atoms with van der Waals surface area (Å²) in [6.07, 6.45) is -2.76. The minimum Gasteiger partial charge on any atom is -0.379 e. The third kappa shape index (κ3) is 8.84. The number of hydrogen-bond donors (Lipinski definition) is 2. The van der Waals surface area contributed by atoms with E-state index in [1.54, 1.807) is 0 Å². The van der Waals surface area contributed by atoms with Crippen molar-refractivity contribution in [3.8, 4) is 0 Å². The number of nitrogens with zero attached hydrogens (tertiary/aromatic N) is 3. The molecular formula is C23H33ClF3N5O4. The molecular weight excluding hydrogens is 503 g/mol. The van der Waals surface area contributed by atoms with Crippen LogP contribution in [0.2, 0.25) is 5.02 Å². The van der Waals surface area contributed by atoms with E-state index in [4.69, 9.17) is 21.1 Å². The average molecular weight is 536 g/mol. The maximum absolute atomic E-state index is 13.1. The lowest BCUT2D eigenvalue weighted by atomic mass is 10.0. The number of morpholine rings is 2. The van der Waals surface area contributed by atoms with Crippen LogP contribution in [-0.4, -0.2) is 105 Å². The van der Waals surface area contributed by atoms with Crippen LogP contribution in [0.1, 0.15) is 30.0 Å². The van der Waals surface area contributed by atoms with Gasteiger partial charge in [0.05, 0.1) is 42.7 Å². The molecule has 0 radical (unpaired) electrons. The highest BCUT2D eigenvalue weighted by Gasteiger charge is 2.35. The predicted octanol–water partition coefficient (Wildman–Crippen LogP) is 1.51. The Morgan fingerprint density at radius 1 is 0.944 bits per heavy atom. The molecule has 0 saturated carbocycles. The molecule has 2 aliphatic heterocycles. The number of rotatable bonds is 11. The van der Waals surface area contributed by atoms with Crippen LogP contribution in [0, 0.1) is 0 Å². The third-order valence-corrected chi connectivity index (χ3v) is 6.41. The molecule has 2 amide bonds. The summed E-state index contributed by atoms with van der Waals surface area (Å²) in [7, 11) is 0.